The quantitative estimate of drug-likeness (QED) is 0.339. The highest BCUT2D eigenvalue weighted by molar-refractivity contribution is 6.07. The Labute approximate surface area is 215 Å². The number of ether oxygens (including phenoxy) is 4. The summed E-state index contributed by atoms with van der Waals surface area (Å²) in [5, 5.41) is 10.4. The fourth-order valence-electron chi connectivity index (χ4n) is 4.66. The van der Waals surface area contributed by atoms with Gasteiger partial charge in [0.05, 0.1) is 51.3 Å². The topological polar surface area (TPSA) is 137 Å². The highest BCUT2D eigenvalue weighted by Crippen LogP contribution is 2.43. The van der Waals surface area contributed by atoms with Gasteiger partial charge in [-0.2, -0.15) is 5.26 Å². The zero-order valence-electron chi connectivity index (χ0n) is 21.2. The van der Waals surface area contributed by atoms with Gasteiger partial charge in [0.2, 0.25) is 11.2 Å². The number of benzene rings is 2. The average Bonchev–Trinajstić information content (AvgIpc) is 3.40. The van der Waals surface area contributed by atoms with Gasteiger partial charge in [-0.25, -0.2) is 0 Å². The van der Waals surface area contributed by atoms with E-state index in [9.17, 15) is 14.9 Å². The molecule has 38 heavy (non-hydrogen) atoms. The summed E-state index contributed by atoms with van der Waals surface area (Å²) in [6.07, 6.45) is 1.46. The summed E-state index contributed by atoms with van der Waals surface area (Å²) in [7, 11) is 5.87. The number of rotatable bonds is 6. The molecule has 0 spiro atoms. The van der Waals surface area contributed by atoms with Crippen molar-refractivity contribution in [2.75, 3.05) is 28.4 Å². The molecule has 0 radical (unpaired) electrons. The number of methoxy groups -OCH3 is 4. The summed E-state index contributed by atoms with van der Waals surface area (Å²) >= 11 is 0. The Kier molecular flexibility index (Phi) is 6.04. The van der Waals surface area contributed by atoms with Gasteiger partial charge in [-0.15, -0.1) is 0 Å². The van der Waals surface area contributed by atoms with Crippen molar-refractivity contribution >= 4 is 21.9 Å². The number of aryl methyl sites for hydroxylation is 1. The second-order valence-corrected chi connectivity index (χ2v) is 8.28. The monoisotopic (exact) mass is 514 g/mol. The number of aromatic amines is 1. The Morgan fingerprint density at radius 1 is 0.895 bits per heavy atom. The van der Waals surface area contributed by atoms with Crippen LogP contribution >= 0.6 is 0 Å². The molecule has 0 aliphatic rings. The standard InChI is InChI=1S/C28H22N2O8/c1-13-21(23(31)22-24(35-4)15-8-9-37-25(15)27(36-5)26(22)38-13)18-11-16(17(12-29)28(32)30-18)14-6-7-19(33-2)20(10-14)34-3/h6-11H,1-5H3,(H,30,32). The molecule has 0 unspecified atom stereocenters. The lowest BCUT2D eigenvalue weighted by molar-refractivity contribution is 0.355. The third-order valence-electron chi connectivity index (χ3n) is 6.35. The fraction of sp³-hybridized carbons (Fsp3) is 0.179. The Morgan fingerprint density at radius 3 is 2.29 bits per heavy atom. The lowest BCUT2D eigenvalue weighted by Gasteiger charge is -2.14. The highest BCUT2D eigenvalue weighted by Gasteiger charge is 2.26. The van der Waals surface area contributed by atoms with Gasteiger partial charge in [-0.1, -0.05) is 6.07 Å². The predicted molar refractivity (Wildman–Crippen MR) is 139 cm³/mol. The van der Waals surface area contributed by atoms with Crippen molar-refractivity contribution in [1.29, 1.82) is 5.26 Å². The number of H-pyrrole nitrogens is 1. The molecule has 0 saturated carbocycles. The number of hydrogen-bond donors (Lipinski definition) is 1. The summed E-state index contributed by atoms with van der Waals surface area (Å²) in [6, 6.07) is 10.2. The molecule has 10 nitrogen and oxygen atoms in total. The van der Waals surface area contributed by atoms with Crippen molar-refractivity contribution < 1.29 is 27.8 Å². The molecule has 0 aliphatic heterocycles. The molecule has 3 aromatic heterocycles. The zero-order valence-corrected chi connectivity index (χ0v) is 21.2. The van der Waals surface area contributed by atoms with E-state index in [-0.39, 0.29) is 45.0 Å². The van der Waals surface area contributed by atoms with Crippen LogP contribution in [0.15, 0.2) is 55.0 Å². The third kappa shape index (κ3) is 3.56. The van der Waals surface area contributed by atoms with Crippen molar-refractivity contribution in [3.8, 4) is 51.5 Å². The van der Waals surface area contributed by atoms with E-state index in [2.05, 4.69) is 4.98 Å². The molecule has 0 amide bonds. The number of nitrogens with zero attached hydrogens (tertiary/aromatic N) is 1. The van der Waals surface area contributed by atoms with Gasteiger partial charge in [0.15, 0.2) is 22.7 Å². The number of pyridine rings is 1. The predicted octanol–water partition coefficient (Wildman–Crippen LogP) is 4.78. The van der Waals surface area contributed by atoms with Crippen LogP contribution in [0.5, 0.6) is 23.0 Å². The minimum Gasteiger partial charge on any atom is -0.495 e. The first kappa shape index (κ1) is 24.5. The maximum Gasteiger partial charge on any atom is 0.266 e. The molecule has 0 bridgehead atoms. The van der Waals surface area contributed by atoms with Gasteiger partial charge in [-0.3, -0.25) is 9.59 Å². The minimum atomic E-state index is -0.663. The Bertz CT molecular complexity index is 1890. The fourth-order valence-corrected chi connectivity index (χ4v) is 4.66. The van der Waals surface area contributed by atoms with E-state index in [1.54, 1.807) is 37.3 Å². The molecule has 192 valence electrons. The first-order chi connectivity index (χ1) is 18.4. The first-order valence-electron chi connectivity index (χ1n) is 11.4. The highest BCUT2D eigenvalue weighted by atomic mass is 16.5. The number of aromatic nitrogens is 1. The summed E-state index contributed by atoms with van der Waals surface area (Å²) in [5.41, 5.74) is 0.370. The number of nitrogens with one attached hydrogen (secondary N) is 1. The van der Waals surface area contributed by atoms with Crippen molar-refractivity contribution in [2.24, 2.45) is 0 Å². The first-order valence-corrected chi connectivity index (χ1v) is 11.4. The van der Waals surface area contributed by atoms with E-state index in [0.717, 1.165) is 0 Å². The number of nitriles is 1. The summed E-state index contributed by atoms with van der Waals surface area (Å²) < 4.78 is 33.5. The Morgan fingerprint density at radius 2 is 1.63 bits per heavy atom. The molecule has 5 rings (SSSR count). The normalized spacial score (nSPS) is 10.9. The van der Waals surface area contributed by atoms with Crippen molar-refractivity contribution in [3.05, 3.63) is 68.5 Å². The summed E-state index contributed by atoms with van der Waals surface area (Å²) in [5.74, 6) is 1.60. The van der Waals surface area contributed by atoms with E-state index >= 15 is 0 Å². The summed E-state index contributed by atoms with van der Waals surface area (Å²) in [4.78, 5) is 29.7. The SMILES string of the molecule is COc1ccc(-c2cc(-c3c(C)oc4c(OC)c5occc5c(OC)c4c3=O)[nH]c(=O)c2C#N)cc1OC. The van der Waals surface area contributed by atoms with Crippen LogP contribution in [0, 0.1) is 18.3 Å². The maximum atomic E-state index is 14.0. The molecule has 1 N–H and O–H groups in total. The van der Waals surface area contributed by atoms with E-state index in [1.807, 2.05) is 6.07 Å². The van der Waals surface area contributed by atoms with E-state index in [4.69, 9.17) is 27.8 Å². The summed E-state index contributed by atoms with van der Waals surface area (Å²) in [6.45, 7) is 1.60. The van der Waals surface area contributed by atoms with Crippen LogP contribution < -0.4 is 29.9 Å². The molecule has 0 fully saturated rings. The molecule has 0 aliphatic carbocycles. The Balaban J connectivity index is 1.85. The molecule has 3 heterocycles. The van der Waals surface area contributed by atoms with Crippen LogP contribution in [-0.4, -0.2) is 33.4 Å². The van der Waals surface area contributed by atoms with Gasteiger partial charge in [0.1, 0.15) is 28.5 Å². The van der Waals surface area contributed by atoms with Crippen molar-refractivity contribution in [3.63, 3.8) is 0 Å². The number of fused-ring (bicyclic) bond motifs is 2. The molecule has 5 aromatic rings. The third-order valence-corrected chi connectivity index (χ3v) is 6.35. The smallest absolute Gasteiger partial charge is 0.266 e. The molecular weight excluding hydrogens is 492 g/mol. The molecular formula is C28H22N2O8. The van der Waals surface area contributed by atoms with Crippen LogP contribution in [0.2, 0.25) is 0 Å². The van der Waals surface area contributed by atoms with Crippen molar-refractivity contribution in [1.82, 2.24) is 4.98 Å². The van der Waals surface area contributed by atoms with Crippen LogP contribution in [0.3, 0.4) is 0 Å². The second kappa shape index (κ2) is 9.37. The zero-order chi connectivity index (χ0) is 27.1. The van der Waals surface area contributed by atoms with Gasteiger partial charge in [-0.05, 0) is 36.8 Å². The number of hydrogen-bond acceptors (Lipinski definition) is 9. The van der Waals surface area contributed by atoms with E-state index in [1.165, 1.54) is 34.7 Å². The van der Waals surface area contributed by atoms with Gasteiger partial charge < -0.3 is 32.8 Å². The second-order valence-electron chi connectivity index (χ2n) is 8.28. The average molecular weight is 514 g/mol. The van der Waals surface area contributed by atoms with Crippen LogP contribution in [0.1, 0.15) is 11.3 Å². The van der Waals surface area contributed by atoms with Crippen LogP contribution in [0.4, 0.5) is 0 Å². The van der Waals surface area contributed by atoms with Gasteiger partial charge in [0, 0.05) is 5.56 Å². The molecule has 10 heteroatoms. The largest absolute Gasteiger partial charge is 0.495 e. The lowest BCUT2D eigenvalue weighted by atomic mass is 9.97. The van der Waals surface area contributed by atoms with Gasteiger partial charge in [0.25, 0.3) is 5.56 Å². The van der Waals surface area contributed by atoms with Crippen LogP contribution in [-0.2, 0) is 0 Å². The van der Waals surface area contributed by atoms with Crippen molar-refractivity contribution in [2.45, 2.75) is 6.92 Å². The lowest BCUT2D eigenvalue weighted by Crippen LogP contribution is -2.17. The van der Waals surface area contributed by atoms with E-state index < -0.39 is 11.0 Å². The van der Waals surface area contributed by atoms with E-state index in [0.29, 0.717) is 33.6 Å². The minimum absolute atomic E-state index is 0.101. The number of furan rings is 1. The molecule has 0 atom stereocenters. The van der Waals surface area contributed by atoms with Gasteiger partial charge >= 0.3 is 0 Å². The van der Waals surface area contributed by atoms with Crippen LogP contribution in [0.25, 0.3) is 44.3 Å². The Hall–Kier alpha value is -5.17. The molecule has 2 aromatic carbocycles. The molecule has 0 saturated heterocycles. The maximum absolute atomic E-state index is 14.0.